The molecule has 0 spiro atoms. The standard InChI is InChI=1S/C16H21N5O5/c1-10(20-21-16(25)15(24)18-7-8-26-2)9-13(22)19-12-5-3-11(4-6-12)14(17)23/h3-6,20H,1,7-9H2,2H3,(H2,17,23)(H,18,24)(H,19,22)(H,21,25). The number of hydrazine groups is 1. The lowest BCUT2D eigenvalue weighted by atomic mass is 10.2. The summed E-state index contributed by atoms with van der Waals surface area (Å²) in [4.78, 5) is 45.8. The lowest BCUT2D eigenvalue weighted by Gasteiger charge is -2.11. The molecule has 1 aromatic rings. The van der Waals surface area contributed by atoms with Crippen molar-refractivity contribution in [2.45, 2.75) is 6.42 Å². The normalized spacial score (nSPS) is 9.73. The molecule has 0 radical (unpaired) electrons. The molecule has 140 valence electrons. The number of primary amides is 1. The first-order valence-corrected chi connectivity index (χ1v) is 7.54. The number of rotatable bonds is 9. The fourth-order valence-corrected chi connectivity index (χ4v) is 1.71. The van der Waals surface area contributed by atoms with Crippen molar-refractivity contribution in [2.75, 3.05) is 25.6 Å². The van der Waals surface area contributed by atoms with Crippen molar-refractivity contribution in [3.63, 3.8) is 0 Å². The number of amides is 4. The molecule has 0 saturated carbocycles. The zero-order valence-corrected chi connectivity index (χ0v) is 14.3. The summed E-state index contributed by atoms with van der Waals surface area (Å²) >= 11 is 0. The van der Waals surface area contributed by atoms with E-state index in [0.717, 1.165) is 0 Å². The highest BCUT2D eigenvalue weighted by atomic mass is 16.5. The average molecular weight is 363 g/mol. The van der Waals surface area contributed by atoms with E-state index in [1.807, 2.05) is 0 Å². The van der Waals surface area contributed by atoms with E-state index >= 15 is 0 Å². The summed E-state index contributed by atoms with van der Waals surface area (Å²) < 4.78 is 4.74. The van der Waals surface area contributed by atoms with Crippen molar-refractivity contribution in [3.8, 4) is 0 Å². The maximum Gasteiger partial charge on any atom is 0.327 e. The highest BCUT2D eigenvalue weighted by Crippen LogP contribution is 2.10. The maximum absolute atomic E-state index is 11.9. The summed E-state index contributed by atoms with van der Waals surface area (Å²) in [5.41, 5.74) is 10.6. The Balaban J connectivity index is 2.35. The Kier molecular flexibility index (Phi) is 8.31. The highest BCUT2D eigenvalue weighted by Gasteiger charge is 2.13. The van der Waals surface area contributed by atoms with Crippen LogP contribution in [0.4, 0.5) is 5.69 Å². The number of nitrogens with one attached hydrogen (secondary N) is 4. The maximum atomic E-state index is 11.9. The Morgan fingerprint density at radius 3 is 2.31 bits per heavy atom. The third-order valence-electron chi connectivity index (χ3n) is 2.98. The van der Waals surface area contributed by atoms with E-state index in [4.69, 9.17) is 10.5 Å². The smallest absolute Gasteiger partial charge is 0.327 e. The minimum Gasteiger partial charge on any atom is -0.383 e. The number of methoxy groups -OCH3 is 1. The van der Waals surface area contributed by atoms with Crippen LogP contribution >= 0.6 is 0 Å². The van der Waals surface area contributed by atoms with Crippen LogP contribution in [0.5, 0.6) is 0 Å². The first-order valence-electron chi connectivity index (χ1n) is 7.54. The molecule has 0 fully saturated rings. The molecule has 10 heteroatoms. The molecule has 0 saturated heterocycles. The van der Waals surface area contributed by atoms with Crippen LogP contribution in [0.25, 0.3) is 0 Å². The second kappa shape index (κ2) is 10.5. The summed E-state index contributed by atoms with van der Waals surface area (Å²) in [7, 11) is 1.47. The molecule has 1 aromatic carbocycles. The lowest BCUT2D eigenvalue weighted by molar-refractivity contribution is -0.139. The second-order valence-corrected chi connectivity index (χ2v) is 5.10. The number of carbonyl (C=O) groups is 4. The number of nitrogens with two attached hydrogens (primary N) is 1. The predicted molar refractivity (Wildman–Crippen MR) is 93.5 cm³/mol. The van der Waals surface area contributed by atoms with E-state index in [1.165, 1.54) is 31.4 Å². The molecule has 0 unspecified atom stereocenters. The van der Waals surface area contributed by atoms with E-state index in [2.05, 4.69) is 28.1 Å². The van der Waals surface area contributed by atoms with Crippen LogP contribution in [-0.4, -0.2) is 43.9 Å². The summed E-state index contributed by atoms with van der Waals surface area (Å²) in [5.74, 6) is -2.75. The van der Waals surface area contributed by atoms with Gasteiger partial charge in [-0.25, -0.2) is 0 Å². The summed E-state index contributed by atoms with van der Waals surface area (Å²) in [6, 6.07) is 6.02. The van der Waals surface area contributed by atoms with Gasteiger partial charge in [0.15, 0.2) is 0 Å². The second-order valence-electron chi connectivity index (χ2n) is 5.10. The van der Waals surface area contributed by atoms with Crippen molar-refractivity contribution >= 4 is 29.3 Å². The van der Waals surface area contributed by atoms with Gasteiger partial charge in [-0.1, -0.05) is 6.58 Å². The lowest BCUT2D eigenvalue weighted by Crippen LogP contribution is -2.46. The molecule has 0 aliphatic heterocycles. The first-order chi connectivity index (χ1) is 12.3. The predicted octanol–water partition coefficient (Wildman–Crippen LogP) is -0.989. The molecule has 4 amide bonds. The van der Waals surface area contributed by atoms with Crippen molar-refractivity contribution in [1.29, 1.82) is 0 Å². The van der Waals surface area contributed by atoms with E-state index in [1.54, 1.807) is 0 Å². The van der Waals surface area contributed by atoms with Gasteiger partial charge >= 0.3 is 11.8 Å². The van der Waals surface area contributed by atoms with Gasteiger partial charge < -0.3 is 26.5 Å². The highest BCUT2D eigenvalue weighted by molar-refractivity contribution is 6.34. The topological polar surface area (TPSA) is 152 Å². The average Bonchev–Trinajstić information content (AvgIpc) is 2.60. The molecule has 26 heavy (non-hydrogen) atoms. The molecule has 6 N–H and O–H groups in total. The van der Waals surface area contributed by atoms with Crippen LogP contribution < -0.4 is 27.2 Å². The van der Waals surface area contributed by atoms with Crippen LogP contribution in [0.15, 0.2) is 36.5 Å². The van der Waals surface area contributed by atoms with Crippen LogP contribution in [-0.2, 0) is 19.1 Å². The van der Waals surface area contributed by atoms with Crippen LogP contribution in [0, 0.1) is 0 Å². The first kappa shape index (κ1) is 20.6. The number of hydrogen-bond donors (Lipinski definition) is 5. The Bertz CT molecular complexity index is 687. The number of benzene rings is 1. The van der Waals surface area contributed by atoms with Crippen LogP contribution in [0.1, 0.15) is 16.8 Å². The van der Waals surface area contributed by atoms with Crippen molar-refractivity contribution in [1.82, 2.24) is 16.2 Å². The zero-order valence-electron chi connectivity index (χ0n) is 14.3. The van der Waals surface area contributed by atoms with E-state index in [0.29, 0.717) is 11.3 Å². The Labute approximate surface area is 150 Å². The van der Waals surface area contributed by atoms with E-state index in [-0.39, 0.29) is 25.3 Å². The zero-order chi connectivity index (χ0) is 19.5. The van der Waals surface area contributed by atoms with Crippen molar-refractivity contribution in [2.24, 2.45) is 5.73 Å². The Morgan fingerprint density at radius 1 is 1.08 bits per heavy atom. The number of carbonyl (C=O) groups excluding carboxylic acids is 4. The van der Waals surface area contributed by atoms with E-state index in [9.17, 15) is 19.2 Å². The van der Waals surface area contributed by atoms with Crippen LogP contribution in [0.2, 0.25) is 0 Å². The monoisotopic (exact) mass is 363 g/mol. The van der Waals surface area contributed by atoms with E-state index < -0.39 is 23.6 Å². The van der Waals surface area contributed by atoms with Gasteiger partial charge in [0.25, 0.3) is 0 Å². The van der Waals surface area contributed by atoms with Gasteiger partial charge in [-0.15, -0.1) is 0 Å². The van der Waals surface area contributed by atoms with Crippen molar-refractivity contribution < 1.29 is 23.9 Å². The molecular formula is C16H21N5O5. The van der Waals surface area contributed by atoms with Gasteiger partial charge in [-0.3, -0.25) is 24.6 Å². The van der Waals surface area contributed by atoms with Gasteiger partial charge in [0, 0.05) is 30.6 Å². The Morgan fingerprint density at radius 2 is 1.73 bits per heavy atom. The molecule has 10 nitrogen and oxygen atoms in total. The van der Waals surface area contributed by atoms with Gasteiger partial charge in [0.2, 0.25) is 11.8 Å². The molecule has 0 atom stereocenters. The van der Waals surface area contributed by atoms with Gasteiger partial charge in [0.1, 0.15) is 0 Å². The number of hydrogen-bond acceptors (Lipinski definition) is 6. The molecule has 0 heterocycles. The minimum atomic E-state index is -0.926. The van der Waals surface area contributed by atoms with Crippen LogP contribution in [0.3, 0.4) is 0 Å². The molecule has 1 rings (SSSR count). The third-order valence-corrected chi connectivity index (χ3v) is 2.98. The molecule has 0 aliphatic carbocycles. The Hall–Kier alpha value is -3.40. The van der Waals surface area contributed by atoms with Gasteiger partial charge in [-0.05, 0) is 24.3 Å². The van der Waals surface area contributed by atoms with Crippen molar-refractivity contribution in [3.05, 3.63) is 42.1 Å². The third kappa shape index (κ3) is 7.45. The number of ether oxygens (including phenoxy) is 1. The fraction of sp³-hybridized carbons (Fsp3) is 0.250. The largest absolute Gasteiger partial charge is 0.383 e. The minimum absolute atomic E-state index is 0.150. The quantitative estimate of drug-likeness (QED) is 0.216. The summed E-state index contributed by atoms with van der Waals surface area (Å²) in [6.07, 6.45) is -0.150. The molecule has 0 aliphatic rings. The van der Waals surface area contributed by atoms with Gasteiger partial charge in [0.05, 0.1) is 13.0 Å². The molecule has 0 aromatic heterocycles. The van der Waals surface area contributed by atoms with Gasteiger partial charge in [-0.2, -0.15) is 0 Å². The number of anilines is 1. The SMILES string of the molecule is C=C(CC(=O)Nc1ccc(C(N)=O)cc1)NNC(=O)C(=O)NCCOC. The summed E-state index contributed by atoms with van der Waals surface area (Å²) in [6.45, 7) is 4.05. The molecular weight excluding hydrogens is 342 g/mol. The summed E-state index contributed by atoms with van der Waals surface area (Å²) in [5, 5.41) is 4.92. The molecule has 0 bridgehead atoms. The fourth-order valence-electron chi connectivity index (χ4n) is 1.71.